The van der Waals surface area contributed by atoms with Gasteiger partial charge in [0.25, 0.3) is 0 Å². The van der Waals surface area contributed by atoms with Gasteiger partial charge in [0.15, 0.2) is 0 Å². The first-order valence-electron chi connectivity index (χ1n) is 9.47. The van der Waals surface area contributed by atoms with Crippen molar-refractivity contribution >= 4 is 11.8 Å². The summed E-state index contributed by atoms with van der Waals surface area (Å²) in [5.41, 5.74) is -0.200. The minimum absolute atomic E-state index is 0.0956. The highest BCUT2D eigenvalue weighted by molar-refractivity contribution is 5.86. The number of piperidine rings is 1. The van der Waals surface area contributed by atoms with E-state index >= 15 is 0 Å². The normalized spacial score (nSPS) is 29.5. The molecule has 0 aromatic carbocycles. The number of carbonyl (C=O) groups excluding carboxylic acids is 2. The number of rotatable bonds is 2. The maximum atomic E-state index is 13.1. The lowest BCUT2D eigenvalue weighted by Crippen LogP contribution is -2.52. The highest BCUT2D eigenvalue weighted by atomic mass is 16.5. The Balaban J connectivity index is 1.66. The minimum Gasteiger partial charge on any atom is -0.381 e. The molecule has 0 aromatic heterocycles. The number of likely N-dealkylation sites (tertiary alicyclic amines) is 2. The molecule has 136 valence electrons. The predicted molar refractivity (Wildman–Crippen MR) is 92.4 cm³/mol. The van der Waals surface area contributed by atoms with Gasteiger partial charge in [-0.3, -0.25) is 9.59 Å². The van der Waals surface area contributed by atoms with Crippen LogP contribution < -0.4 is 0 Å². The van der Waals surface area contributed by atoms with Gasteiger partial charge in [0.05, 0.1) is 5.41 Å². The number of ether oxygens (including phenoxy) is 1. The van der Waals surface area contributed by atoms with Crippen molar-refractivity contribution in [3.8, 4) is 0 Å². The van der Waals surface area contributed by atoms with Gasteiger partial charge in [-0.05, 0) is 37.5 Å². The van der Waals surface area contributed by atoms with E-state index in [2.05, 4.69) is 20.8 Å². The lowest BCUT2D eigenvalue weighted by molar-refractivity contribution is -0.148. The van der Waals surface area contributed by atoms with Crippen LogP contribution >= 0.6 is 0 Å². The van der Waals surface area contributed by atoms with Crippen LogP contribution in [0.25, 0.3) is 0 Å². The van der Waals surface area contributed by atoms with E-state index in [1.807, 2.05) is 9.80 Å². The van der Waals surface area contributed by atoms with Gasteiger partial charge in [0.1, 0.15) is 0 Å². The highest BCUT2D eigenvalue weighted by Crippen LogP contribution is 2.41. The Morgan fingerprint density at radius 3 is 2.58 bits per heavy atom. The van der Waals surface area contributed by atoms with Gasteiger partial charge in [0, 0.05) is 45.3 Å². The second-order valence-electron chi connectivity index (χ2n) is 9.07. The van der Waals surface area contributed by atoms with Gasteiger partial charge in [-0.2, -0.15) is 0 Å². The summed E-state index contributed by atoms with van der Waals surface area (Å²) in [4.78, 5) is 29.9. The topological polar surface area (TPSA) is 49.9 Å². The fourth-order valence-electron chi connectivity index (χ4n) is 4.52. The smallest absolute Gasteiger partial charge is 0.230 e. The van der Waals surface area contributed by atoms with Gasteiger partial charge < -0.3 is 14.5 Å². The third kappa shape index (κ3) is 3.61. The number of hydrogen-bond acceptors (Lipinski definition) is 3. The average Bonchev–Trinajstić information content (AvgIpc) is 2.96. The van der Waals surface area contributed by atoms with E-state index in [9.17, 15) is 9.59 Å². The van der Waals surface area contributed by atoms with Crippen LogP contribution in [0.4, 0.5) is 0 Å². The third-order valence-electron chi connectivity index (χ3n) is 5.73. The van der Waals surface area contributed by atoms with Crippen molar-refractivity contribution in [3.05, 3.63) is 0 Å². The van der Waals surface area contributed by atoms with Crippen molar-refractivity contribution in [3.63, 3.8) is 0 Å². The monoisotopic (exact) mass is 336 g/mol. The summed E-state index contributed by atoms with van der Waals surface area (Å²) in [6.45, 7) is 11.0. The van der Waals surface area contributed by atoms with Gasteiger partial charge in [-0.1, -0.05) is 20.8 Å². The summed E-state index contributed by atoms with van der Waals surface area (Å²) in [5, 5.41) is 0. The fourth-order valence-corrected chi connectivity index (χ4v) is 4.52. The first-order chi connectivity index (χ1) is 11.3. The Bertz CT molecular complexity index is 493. The van der Waals surface area contributed by atoms with E-state index in [0.29, 0.717) is 19.8 Å². The van der Waals surface area contributed by atoms with Crippen molar-refractivity contribution in [2.75, 3.05) is 39.4 Å². The van der Waals surface area contributed by atoms with Crippen LogP contribution in [0.15, 0.2) is 0 Å². The number of hydrogen-bond donors (Lipinski definition) is 0. The summed E-state index contributed by atoms with van der Waals surface area (Å²) >= 11 is 0. The van der Waals surface area contributed by atoms with E-state index in [-0.39, 0.29) is 28.6 Å². The summed E-state index contributed by atoms with van der Waals surface area (Å²) in [7, 11) is 0. The van der Waals surface area contributed by atoms with E-state index < -0.39 is 0 Å². The van der Waals surface area contributed by atoms with Gasteiger partial charge in [-0.15, -0.1) is 0 Å². The number of nitrogens with zero attached hydrogens (tertiary/aromatic N) is 2. The Kier molecular flexibility index (Phi) is 4.92. The summed E-state index contributed by atoms with van der Waals surface area (Å²) in [5.74, 6) is 0.625. The van der Waals surface area contributed by atoms with Crippen LogP contribution in [0, 0.1) is 16.7 Å². The van der Waals surface area contributed by atoms with Gasteiger partial charge in [0.2, 0.25) is 11.8 Å². The zero-order valence-electron chi connectivity index (χ0n) is 15.5. The average molecular weight is 336 g/mol. The molecule has 3 fully saturated rings. The Morgan fingerprint density at radius 1 is 1.21 bits per heavy atom. The van der Waals surface area contributed by atoms with E-state index in [4.69, 9.17) is 4.74 Å². The third-order valence-corrected chi connectivity index (χ3v) is 5.73. The lowest BCUT2D eigenvalue weighted by Gasteiger charge is -2.42. The molecule has 0 radical (unpaired) electrons. The van der Waals surface area contributed by atoms with Crippen LogP contribution in [0.2, 0.25) is 0 Å². The Morgan fingerprint density at radius 2 is 1.92 bits per heavy atom. The minimum atomic E-state index is -0.315. The van der Waals surface area contributed by atoms with Crippen molar-refractivity contribution in [1.29, 1.82) is 0 Å². The van der Waals surface area contributed by atoms with Gasteiger partial charge >= 0.3 is 0 Å². The number of carbonyl (C=O) groups is 2. The highest BCUT2D eigenvalue weighted by Gasteiger charge is 2.50. The molecule has 0 aromatic rings. The molecule has 3 aliphatic heterocycles. The maximum absolute atomic E-state index is 13.1. The quantitative estimate of drug-likeness (QED) is 0.777. The van der Waals surface area contributed by atoms with Crippen molar-refractivity contribution in [2.45, 2.75) is 52.9 Å². The molecule has 0 bridgehead atoms. The van der Waals surface area contributed by atoms with Crippen LogP contribution in [0.1, 0.15) is 52.9 Å². The molecule has 5 heteroatoms. The molecule has 2 amide bonds. The molecular formula is C19H32N2O3. The maximum Gasteiger partial charge on any atom is 0.230 e. The first-order valence-corrected chi connectivity index (χ1v) is 9.47. The Labute approximate surface area is 145 Å². The van der Waals surface area contributed by atoms with Crippen LogP contribution in [-0.2, 0) is 14.3 Å². The lowest BCUT2D eigenvalue weighted by atomic mass is 9.77. The van der Waals surface area contributed by atoms with Crippen LogP contribution in [0.3, 0.4) is 0 Å². The molecule has 1 atom stereocenters. The molecule has 3 heterocycles. The van der Waals surface area contributed by atoms with Crippen molar-refractivity contribution in [1.82, 2.24) is 9.80 Å². The molecular weight excluding hydrogens is 304 g/mol. The molecule has 5 nitrogen and oxygen atoms in total. The second kappa shape index (κ2) is 6.66. The molecule has 3 saturated heterocycles. The summed E-state index contributed by atoms with van der Waals surface area (Å²) in [6.07, 6.45) is 4.48. The first kappa shape index (κ1) is 17.7. The molecule has 24 heavy (non-hydrogen) atoms. The van der Waals surface area contributed by atoms with E-state index in [1.165, 1.54) is 0 Å². The van der Waals surface area contributed by atoms with E-state index in [0.717, 1.165) is 51.7 Å². The zero-order valence-corrected chi connectivity index (χ0v) is 15.5. The van der Waals surface area contributed by atoms with Crippen LogP contribution in [0.5, 0.6) is 0 Å². The largest absolute Gasteiger partial charge is 0.381 e. The number of amides is 2. The Hall–Kier alpha value is -1.10. The molecule has 0 aliphatic carbocycles. The van der Waals surface area contributed by atoms with Crippen molar-refractivity contribution in [2.24, 2.45) is 16.7 Å². The van der Waals surface area contributed by atoms with E-state index in [1.54, 1.807) is 0 Å². The van der Waals surface area contributed by atoms with Gasteiger partial charge in [-0.25, -0.2) is 0 Å². The molecule has 3 aliphatic rings. The standard InChI is InChI=1S/C19H32N2O3/c1-18(2,3)13-21-9-4-7-19(17(21)23)8-10-20(14-19)16(22)15-5-11-24-12-6-15/h15H,4-14H2,1-3H3/t19-/m1/s1. The molecule has 0 N–H and O–H groups in total. The molecule has 0 saturated carbocycles. The molecule has 1 spiro atoms. The summed E-state index contributed by atoms with van der Waals surface area (Å²) < 4.78 is 5.37. The fraction of sp³-hybridized carbons (Fsp3) is 0.895. The SMILES string of the molecule is CC(C)(C)CN1CCC[C@]2(CCN(C(=O)C3CCOCC3)C2)C1=O. The second-order valence-corrected chi connectivity index (χ2v) is 9.07. The zero-order chi connectivity index (χ0) is 17.4. The van der Waals surface area contributed by atoms with Crippen LogP contribution in [-0.4, -0.2) is 61.0 Å². The van der Waals surface area contributed by atoms with Crippen molar-refractivity contribution < 1.29 is 14.3 Å². The molecule has 0 unspecified atom stereocenters. The summed E-state index contributed by atoms with van der Waals surface area (Å²) in [6, 6.07) is 0. The molecule has 3 rings (SSSR count). The predicted octanol–water partition coefficient (Wildman–Crippen LogP) is 2.30.